The minimum Gasteiger partial charge on any atom is -0.481 e. The minimum absolute atomic E-state index is 0.191. The number of carbonyl (C=O) groups is 1. The van der Waals surface area contributed by atoms with Crippen LogP contribution in [0, 0.1) is 0 Å². The Morgan fingerprint density at radius 1 is 1.02 bits per heavy atom. The van der Waals surface area contributed by atoms with E-state index < -0.39 is 38.6 Å². The average molecular weight is 615 g/mol. The molecule has 1 fully saturated rings. The number of amidine groups is 1. The zero-order valence-electron chi connectivity index (χ0n) is 23.1. The summed E-state index contributed by atoms with van der Waals surface area (Å²) in [6.07, 6.45) is -2.48. The highest BCUT2D eigenvalue weighted by Gasteiger charge is 2.49. The SMILES string of the molecule is CC(=O)O.NC1=NC(c2ccc(OS(=O)(=O)C3CC3)cc2)(c2cccc(-c3cccc(C(F)(F)F)c3)c2)C2=NCCCN12. The van der Waals surface area contributed by atoms with Crippen LogP contribution < -0.4 is 9.92 Å². The summed E-state index contributed by atoms with van der Waals surface area (Å²) in [5, 5.41) is 6.95. The highest BCUT2D eigenvalue weighted by atomic mass is 32.2. The van der Waals surface area contributed by atoms with Crippen LogP contribution in [-0.4, -0.2) is 54.5 Å². The van der Waals surface area contributed by atoms with Gasteiger partial charge in [-0.1, -0.05) is 42.5 Å². The van der Waals surface area contributed by atoms with Crippen LogP contribution in [0.5, 0.6) is 5.75 Å². The maximum absolute atomic E-state index is 13.4. The van der Waals surface area contributed by atoms with Crippen LogP contribution in [-0.2, 0) is 26.6 Å². The van der Waals surface area contributed by atoms with Crippen molar-refractivity contribution in [2.75, 3.05) is 13.1 Å². The van der Waals surface area contributed by atoms with Gasteiger partial charge in [0.1, 0.15) is 11.6 Å². The van der Waals surface area contributed by atoms with E-state index in [4.69, 9.17) is 29.8 Å². The number of fused-ring (bicyclic) bond motifs is 1. The molecule has 0 amide bonds. The largest absolute Gasteiger partial charge is 0.481 e. The number of carboxylic acid groups (broad SMARTS) is 1. The van der Waals surface area contributed by atoms with Crippen LogP contribution in [0.1, 0.15) is 42.9 Å². The van der Waals surface area contributed by atoms with Crippen LogP contribution in [0.15, 0.2) is 82.8 Å². The van der Waals surface area contributed by atoms with E-state index in [2.05, 4.69) is 0 Å². The summed E-state index contributed by atoms with van der Waals surface area (Å²) in [4.78, 5) is 20.5. The number of guanidine groups is 1. The molecule has 2 heterocycles. The van der Waals surface area contributed by atoms with Gasteiger partial charge in [-0.25, -0.2) is 4.99 Å². The molecule has 3 aromatic rings. The second kappa shape index (κ2) is 11.4. The predicted molar refractivity (Wildman–Crippen MR) is 155 cm³/mol. The quantitative estimate of drug-likeness (QED) is 0.373. The van der Waals surface area contributed by atoms with Gasteiger partial charge in [0.15, 0.2) is 11.5 Å². The van der Waals surface area contributed by atoms with Crippen molar-refractivity contribution in [2.45, 2.75) is 43.2 Å². The number of benzene rings is 3. The summed E-state index contributed by atoms with van der Waals surface area (Å²) >= 11 is 0. The number of aliphatic imine (C=N–C) groups is 2. The molecule has 1 aliphatic carbocycles. The normalized spacial score (nSPS) is 19.9. The number of rotatable bonds is 6. The molecule has 9 nitrogen and oxygen atoms in total. The maximum atomic E-state index is 13.4. The van der Waals surface area contributed by atoms with Crippen molar-refractivity contribution >= 4 is 27.9 Å². The van der Waals surface area contributed by atoms with E-state index >= 15 is 0 Å². The lowest BCUT2D eigenvalue weighted by atomic mass is 9.81. The van der Waals surface area contributed by atoms with Crippen LogP contribution >= 0.6 is 0 Å². The molecule has 0 aromatic heterocycles. The first-order chi connectivity index (χ1) is 20.3. The van der Waals surface area contributed by atoms with Crippen molar-refractivity contribution in [2.24, 2.45) is 15.7 Å². The maximum Gasteiger partial charge on any atom is 0.416 e. The standard InChI is InChI=1S/C28H25F3N4O3S.C2H4O2/c29-28(30,31)22-7-2-5-19(17-22)18-4-1-6-21(16-18)27(25-33-14-3-15-35(25)26(32)34-27)20-8-10-23(11-9-20)38-39(36,37)24-12-13-24;1-2(3)4/h1-2,4-11,16-17,24H,3,12-15H2,(H2,32,34);1H3,(H,3,4). The second-order valence-electron chi connectivity index (χ2n) is 10.4. The van der Waals surface area contributed by atoms with E-state index in [1.54, 1.807) is 48.5 Å². The first-order valence-corrected chi connectivity index (χ1v) is 15.0. The fourth-order valence-electron chi connectivity index (χ4n) is 5.08. The molecule has 0 radical (unpaired) electrons. The van der Waals surface area contributed by atoms with E-state index in [-0.39, 0.29) is 11.7 Å². The highest BCUT2D eigenvalue weighted by molar-refractivity contribution is 7.88. The first kappa shape index (κ1) is 30.1. The van der Waals surface area contributed by atoms with Gasteiger partial charge in [0.25, 0.3) is 5.97 Å². The zero-order chi connectivity index (χ0) is 31.0. The molecule has 6 rings (SSSR count). The second-order valence-corrected chi connectivity index (χ2v) is 12.2. The Hall–Kier alpha value is -4.39. The van der Waals surface area contributed by atoms with Crippen molar-refractivity contribution in [3.8, 4) is 16.9 Å². The number of hydrogen-bond acceptors (Lipinski definition) is 8. The van der Waals surface area contributed by atoms with E-state index in [1.807, 2.05) is 11.0 Å². The third-order valence-electron chi connectivity index (χ3n) is 7.16. The van der Waals surface area contributed by atoms with Gasteiger partial charge in [-0.3, -0.25) is 14.7 Å². The Labute approximate surface area is 246 Å². The lowest BCUT2D eigenvalue weighted by Gasteiger charge is -2.33. The number of alkyl halides is 3. The number of aliphatic carboxylic acids is 1. The van der Waals surface area contributed by atoms with Gasteiger partial charge < -0.3 is 15.0 Å². The molecule has 3 aromatic carbocycles. The molecular formula is C30H29F3N4O5S. The number of nitrogens with zero attached hydrogens (tertiary/aromatic N) is 3. The Bertz CT molecular complexity index is 1700. The zero-order valence-corrected chi connectivity index (χ0v) is 23.9. The summed E-state index contributed by atoms with van der Waals surface area (Å²) in [5.74, 6) is 0.261. The minimum atomic E-state index is -4.47. The predicted octanol–water partition coefficient (Wildman–Crippen LogP) is 5.01. The molecule has 43 heavy (non-hydrogen) atoms. The van der Waals surface area contributed by atoms with E-state index in [0.29, 0.717) is 54.0 Å². The topological polar surface area (TPSA) is 135 Å². The van der Waals surface area contributed by atoms with Crippen LogP contribution in [0.25, 0.3) is 11.1 Å². The molecule has 0 saturated heterocycles. The molecule has 3 aliphatic rings. The molecule has 13 heteroatoms. The summed E-state index contributed by atoms with van der Waals surface area (Å²) in [6.45, 7) is 2.29. The molecule has 3 N–H and O–H groups in total. The lowest BCUT2D eigenvalue weighted by Crippen LogP contribution is -2.46. The molecule has 0 spiro atoms. The van der Waals surface area contributed by atoms with E-state index in [0.717, 1.165) is 25.5 Å². The fraction of sp³-hybridized carbons (Fsp3) is 0.300. The van der Waals surface area contributed by atoms with Gasteiger partial charge in [-0.2, -0.15) is 21.6 Å². The van der Waals surface area contributed by atoms with E-state index in [1.165, 1.54) is 6.07 Å². The van der Waals surface area contributed by atoms with Crippen molar-refractivity contribution in [1.29, 1.82) is 0 Å². The van der Waals surface area contributed by atoms with Crippen molar-refractivity contribution in [3.05, 3.63) is 89.5 Å². The Kier molecular flexibility index (Phi) is 7.95. The van der Waals surface area contributed by atoms with Crippen LogP contribution in [0.2, 0.25) is 0 Å². The Balaban J connectivity index is 0.000000868. The van der Waals surface area contributed by atoms with Crippen molar-refractivity contribution in [3.63, 3.8) is 0 Å². The van der Waals surface area contributed by atoms with Gasteiger partial charge >= 0.3 is 16.3 Å². The number of halogens is 3. The van der Waals surface area contributed by atoms with Gasteiger partial charge in [0.2, 0.25) is 0 Å². The third-order valence-corrected chi connectivity index (χ3v) is 8.87. The Morgan fingerprint density at radius 3 is 2.28 bits per heavy atom. The van der Waals surface area contributed by atoms with Gasteiger partial charge in [0, 0.05) is 20.0 Å². The van der Waals surface area contributed by atoms with Crippen LogP contribution in [0.3, 0.4) is 0 Å². The molecule has 2 aliphatic heterocycles. The lowest BCUT2D eigenvalue weighted by molar-refractivity contribution is -0.137. The molecule has 1 unspecified atom stereocenters. The van der Waals surface area contributed by atoms with Crippen molar-refractivity contribution in [1.82, 2.24) is 4.90 Å². The number of hydrogen-bond donors (Lipinski definition) is 2. The fourth-order valence-corrected chi connectivity index (χ4v) is 6.31. The first-order valence-electron chi connectivity index (χ1n) is 13.5. The molecule has 226 valence electrons. The van der Waals surface area contributed by atoms with Gasteiger partial charge in [0.05, 0.1) is 10.8 Å². The smallest absolute Gasteiger partial charge is 0.416 e. The summed E-state index contributed by atoms with van der Waals surface area (Å²) in [5.41, 5.74) is 6.80. The average Bonchev–Trinajstić information content (AvgIpc) is 3.79. The van der Waals surface area contributed by atoms with Gasteiger partial charge in [-0.15, -0.1) is 0 Å². The van der Waals surface area contributed by atoms with E-state index in [9.17, 15) is 21.6 Å². The molecular weight excluding hydrogens is 585 g/mol. The summed E-state index contributed by atoms with van der Waals surface area (Å²) in [7, 11) is -3.68. The summed E-state index contributed by atoms with van der Waals surface area (Å²) in [6, 6.07) is 18.9. The highest BCUT2D eigenvalue weighted by Crippen LogP contribution is 2.43. The third kappa shape index (κ3) is 6.21. The number of carboxylic acids is 1. The molecule has 1 atom stereocenters. The van der Waals surface area contributed by atoms with Gasteiger partial charge in [-0.05, 0) is 71.8 Å². The summed E-state index contributed by atoms with van der Waals surface area (Å²) < 4.78 is 70.2. The van der Waals surface area contributed by atoms with Crippen LogP contribution in [0.4, 0.5) is 13.2 Å². The number of nitrogens with two attached hydrogens (primary N) is 1. The van der Waals surface area contributed by atoms with Crippen molar-refractivity contribution < 1.29 is 35.7 Å². The monoisotopic (exact) mass is 614 g/mol. The molecule has 0 bridgehead atoms. The molecule has 1 saturated carbocycles. The Morgan fingerprint density at radius 2 is 1.65 bits per heavy atom.